The number of ether oxygens (including phenoxy) is 1. The molecule has 0 aliphatic carbocycles. The fourth-order valence-electron chi connectivity index (χ4n) is 2.66. The summed E-state index contributed by atoms with van der Waals surface area (Å²) in [5.41, 5.74) is 1.05. The minimum absolute atomic E-state index is 0.00910. The fraction of sp³-hybridized carbons (Fsp3) is 0.353. The summed E-state index contributed by atoms with van der Waals surface area (Å²) in [5.74, 6) is 0.670. The zero-order valence-electron chi connectivity index (χ0n) is 12.4. The highest BCUT2D eigenvalue weighted by atomic mass is 16.5. The first-order valence-electron chi connectivity index (χ1n) is 7.57. The van der Waals surface area contributed by atoms with Gasteiger partial charge >= 0.3 is 0 Å². The number of carbonyl (C=O) groups is 1. The van der Waals surface area contributed by atoms with Crippen molar-refractivity contribution in [1.29, 1.82) is 0 Å². The summed E-state index contributed by atoms with van der Waals surface area (Å²) in [7, 11) is 0. The number of aromatic nitrogens is 2. The topological polar surface area (TPSA) is 55.3 Å². The van der Waals surface area contributed by atoms with Gasteiger partial charge in [0.05, 0.1) is 13.0 Å². The molecule has 2 aromatic rings. The smallest absolute Gasteiger partial charge is 0.233 e. The molecule has 114 valence electrons. The quantitative estimate of drug-likeness (QED) is 0.867. The second-order valence-electron chi connectivity index (χ2n) is 5.45. The van der Waals surface area contributed by atoms with Crippen molar-refractivity contribution >= 4 is 5.91 Å². The van der Waals surface area contributed by atoms with E-state index in [0.29, 0.717) is 18.8 Å². The van der Waals surface area contributed by atoms with Gasteiger partial charge in [0.25, 0.3) is 0 Å². The summed E-state index contributed by atoms with van der Waals surface area (Å²) in [6.45, 7) is 1.41. The van der Waals surface area contributed by atoms with Crippen molar-refractivity contribution in [2.45, 2.75) is 25.4 Å². The van der Waals surface area contributed by atoms with Crippen LogP contribution in [0.15, 0.2) is 48.7 Å². The Labute approximate surface area is 129 Å². The second kappa shape index (κ2) is 7.02. The Morgan fingerprint density at radius 1 is 1.23 bits per heavy atom. The number of piperidine rings is 1. The molecule has 0 bridgehead atoms. The van der Waals surface area contributed by atoms with E-state index in [9.17, 15) is 4.79 Å². The van der Waals surface area contributed by atoms with Crippen molar-refractivity contribution in [3.63, 3.8) is 0 Å². The molecule has 1 aliphatic rings. The van der Waals surface area contributed by atoms with E-state index in [1.165, 1.54) is 0 Å². The molecular formula is C17H19N3O2. The molecule has 0 N–H and O–H groups in total. The highest BCUT2D eigenvalue weighted by Gasteiger charge is 2.25. The van der Waals surface area contributed by atoms with Gasteiger partial charge in [-0.2, -0.15) is 5.10 Å². The number of hydrogen-bond donors (Lipinski definition) is 0. The summed E-state index contributed by atoms with van der Waals surface area (Å²) in [6, 6.07) is 13.4. The average Bonchev–Trinajstić information content (AvgIpc) is 2.57. The SMILES string of the molecule is O=C(Cc1ccccc1)N1CCCC(Oc2cccnn2)C1. The summed E-state index contributed by atoms with van der Waals surface area (Å²) >= 11 is 0. The van der Waals surface area contributed by atoms with Gasteiger partial charge in [0.15, 0.2) is 0 Å². The molecule has 1 aromatic carbocycles. The predicted molar refractivity (Wildman–Crippen MR) is 82.4 cm³/mol. The number of likely N-dealkylation sites (tertiary alicyclic amines) is 1. The maximum absolute atomic E-state index is 12.4. The Kier molecular flexibility index (Phi) is 4.63. The molecule has 1 aromatic heterocycles. The van der Waals surface area contributed by atoms with Gasteiger partial charge in [0.1, 0.15) is 6.10 Å². The third-order valence-corrected chi connectivity index (χ3v) is 3.76. The molecule has 1 saturated heterocycles. The van der Waals surface area contributed by atoms with Crippen LogP contribution >= 0.6 is 0 Å². The van der Waals surface area contributed by atoms with Crippen LogP contribution in [0.3, 0.4) is 0 Å². The Hall–Kier alpha value is -2.43. The van der Waals surface area contributed by atoms with Crippen LogP contribution in [-0.4, -0.2) is 40.2 Å². The fourth-order valence-corrected chi connectivity index (χ4v) is 2.66. The first kappa shape index (κ1) is 14.5. The van der Waals surface area contributed by atoms with Crippen molar-refractivity contribution in [1.82, 2.24) is 15.1 Å². The van der Waals surface area contributed by atoms with Crippen LogP contribution in [0.25, 0.3) is 0 Å². The lowest BCUT2D eigenvalue weighted by Gasteiger charge is -2.32. The van der Waals surface area contributed by atoms with Crippen LogP contribution in [0.1, 0.15) is 18.4 Å². The Morgan fingerprint density at radius 2 is 2.09 bits per heavy atom. The summed E-state index contributed by atoms with van der Waals surface area (Å²) in [6.07, 6.45) is 3.93. The lowest BCUT2D eigenvalue weighted by molar-refractivity contribution is -0.133. The Bertz CT molecular complexity index is 604. The number of rotatable bonds is 4. The molecular weight excluding hydrogens is 278 g/mol. The minimum Gasteiger partial charge on any atom is -0.471 e. The van der Waals surface area contributed by atoms with Gasteiger partial charge in [-0.25, -0.2) is 0 Å². The molecule has 5 heteroatoms. The maximum atomic E-state index is 12.4. The van der Waals surface area contributed by atoms with Crippen LogP contribution < -0.4 is 4.74 Å². The van der Waals surface area contributed by atoms with E-state index in [-0.39, 0.29) is 12.0 Å². The Balaban J connectivity index is 1.57. The normalized spacial score (nSPS) is 18.0. The average molecular weight is 297 g/mol. The van der Waals surface area contributed by atoms with Crippen LogP contribution in [0, 0.1) is 0 Å². The number of amides is 1. The van der Waals surface area contributed by atoms with E-state index in [4.69, 9.17) is 4.74 Å². The number of hydrogen-bond acceptors (Lipinski definition) is 4. The summed E-state index contributed by atoms with van der Waals surface area (Å²) < 4.78 is 5.82. The Morgan fingerprint density at radius 3 is 2.86 bits per heavy atom. The van der Waals surface area contributed by atoms with Crippen LogP contribution in [0.2, 0.25) is 0 Å². The number of carbonyl (C=O) groups excluding carboxylic acids is 1. The molecule has 3 rings (SSSR count). The second-order valence-corrected chi connectivity index (χ2v) is 5.45. The molecule has 0 saturated carbocycles. The van der Waals surface area contributed by atoms with E-state index in [0.717, 1.165) is 24.9 Å². The zero-order chi connectivity index (χ0) is 15.2. The monoisotopic (exact) mass is 297 g/mol. The van der Waals surface area contributed by atoms with Crippen molar-refractivity contribution in [2.75, 3.05) is 13.1 Å². The molecule has 1 fully saturated rings. The van der Waals surface area contributed by atoms with E-state index in [2.05, 4.69) is 10.2 Å². The molecule has 1 amide bonds. The van der Waals surface area contributed by atoms with Crippen molar-refractivity contribution in [3.05, 3.63) is 54.2 Å². The highest BCUT2D eigenvalue weighted by Crippen LogP contribution is 2.17. The lowest BCUT2D eigenvalue weighted by atomic mass is 10.1. The number of benzene rings is 1. The van der Waals surface area contributed by atoms with Gasteiger partial charge in [0.2, 0.25) is 11.8 Å². The van der Waals surface area contributed by atoms with Gasteiger partial charge in [-0.3, -0.25) is 4.79 Å². The largest absolute Gasteiger partial charge is 0.471 e. The molecule has 1 atom stereocenters. The molecule has 2 heterocycles. The van der Waals surface area contributed by atoms with Crippen molar-refractivity contribution in [2.24, 2.45) is 0 Å². The predicted octanol–water partition coefficient (Wildman–Crippen LogP) is 2.09. The van der Waals surface area contributed by atoms with Gasteiger partial charge in [-0.15, -0.1) is 5.10 Å². The molecule has 22 heavy (non-hydrogen) atoms. The van der Waals surface area contributed by atoms with Crippen LogP contribution in [0.5, 0.6) is 5.88 Å². The first-order valence-corrected chi connectivity index (χ1v) is 7.57. The minimum atomic E-state index is -0.00910. The molecule has 0 spiro atoms. The van der Waals surface area contributed by atoms with Crippen molar-refractivity contribution < 1.29 is 9.53 Å². The summed E-state index contributed by atoms with van der Waals surface area (Å²) in [4.78, 5) is 14.3. The molecule has 1 aliphatic heterocycles. The van der Waals surface area contributed by atoms with E-state index in [1.807, 2.05) is 35.2 Å². The standard InChI is InChI=1S/C17H19N3O2/c21-17(12-14-6-2-1-3-7-14)20-11-5-8-15(13-20)22-16-9-4-10-18-19-16/h1-4,6-7,9-10,15H,5,8,11-13H2. The molecule has 0 radical (unpaired) electrons. The zero-order valence-corrected chi connectivity index (χ0v) is 12.4. The van der Waals surface area contributed by atoms with Crippen molar-refractivity contribution in [3.8, 4) is 5.88 Å². The highest BCUT2D eigenvalue weighted by molar-refractivity contribution is 5.78. The van der Waals surface area contributed by atoms with Crippen LogP contribution in [-0.2, 0) is 11.2 Å². The summed E-state index contributed by atoms with van der Waals surface area (Å²) in [5, 5.41) is 7.74. The van der Waals surface area contributed by atoms with Gasteiger partial charge < -0.3 is 9.64 Å². The number of nitrogens with zero attached hydrogens (tertiary/aromatic N) is 3. The van der Waals surface area contributed by atoms with Gasteiger partial charge in [-0.05, 0) is 24.5 Å². The van der Waals surface area contributed by atoms with E-state index < -0.39 is 0 Å². The maximum Gasteiger partial charge on any atom is 0.233 e. The van der Waals surface area contributed by atoms with E-state index >= 15 is 0 Å². The first-order chi connectivity index (χ1) is 10.8. The van der Waals surface area contributed by atoms with Gasteiger partial charge in [-0.1, -0.05) is 30.3 Å². The van der Waals surface area contributed by atoms with Crippen LogP contribution in [0.4, 0.5) is 0 Å². The van der Waals surface area contributed by atoms with E-state index in [1.54, 1.807) is 18.3 Å². The van der Waals surface area contributed by atoms with Gasteiger partial charge in [0, 0.05) is 18.8 Å². The lowest BCUT2D eigenvalue weighted by Crippen LogP contribution is -2.45. The third kappa shape index (κ3) is 3.81. The molecule has 1 unspecified atom stereocenters. The third-order valence-electron chi connectivity index (χ3n) is 3.76. The molecule has 5 nitrogen and oxygen atoms in total.